The average Bonchev–Trinajstić information content (AvgIpc) is 2.88. The summed E-state index contributed by atoms with van der Waals surface area (Å²) >= 11 is 0. The second-order valence-corrected chi connectivity index (χ2v) is 5.80. The molecule has 0 amide bonds. The Hall–Kier alpha value is -1.15. The fraction of sp³-hybridized carbons (Fsp3) is 0.562. The van der Waals surface area contributed by atoms with Crippen molar-refractivity contribution in [3.05, 3.63) is 35.4 Å². The number of rotatable bonds is 4. The third kappa shape index (κ3) is 2.35. The predicted molar refractivity (Wildman–Crippen MR) is 74.8 cm³/mol. The van der Waals surface area contributed by atoms with Gasteiger partial charge >= 0.3 is 0 Å². The lowest BCUT2D eigenvalue weighted by atomic mass is 9.78. The Morgan fingerprint density at radius 2 is 1.78 bits per heavy atom. The Labute approximate surface area is 110 Å². The first-order valence-corrected chi connectivity index (χ1v) is 6.94. The highest BCUT2D eigenvalue weighted by Crippen LogP contribution is 2.40. The third-order valence-corrected chi connectivity index (χ3v) is 4.27. The van der Waals surface area contributed by atoms with Gasteiger partial charge in [0.25, 0.3) is 0 Å². The number of ketones is 1. The molecule has 1 fully saturated rings. The van der Waals surface area contributed by atoms with E-state index in [2.05, 4.69) is 26.0 Å². The van der Waals surface area contributed by atoms with E-state index < -0.39 is 0 Å². The molecule has 0 radical (unpaired) electrons. The van der Waals surface area contributed by atoms with Crippen LogP contribution in [0.3, 0.4) is 0 Å². The van der Waals surface area contributed by atoms with Crippen LogP contribution < -0.4 is 5.73 Å². The summed E-state index contributed by atoms with van der Waals surface area (Å²) in [6.45, 7) is 4.81. The molecule has 1 aromatic carbocycles. The monoisotopic (exact) mass is 245 g/mol. The van der Waals surface area contributed by atoms with Gasteiger partial charge < -0.3 is 5.73 Å². The van der Waals surface area contributed by atoms with Gasteiger partial charge in [0.1, 0.15) is 0 Å². The van der Waals surface area contributed by atoms with E-state index in [-0.39, 0.29) is 11.2 Å². The van der Waals surface area contributed by atoms with Gasteiger partial charge in [-0.05, 0) is 24.3 Å². The fourth-order valence-corrected chi connectivity index (χ4v) is 2.90. The summed E-state index contributed by atoms with van der Waals surface area (Å²) in [5.41, 5.74) is 7.69. The van der Waals surface area contributed by atoms with E-state index >= 15 is 0 Å². The molecular formula is C16H23NO. The molecule has 0 aliphatic heterocycles. The molecule has 0 unspecified atom stereocenters. The lowest BCUT2D eigenvalue weighted by molar-refractivity contribution is 0.0810. The number of carbonyl (C=O) groups excluding carboxylic acids is 1. The molecule has 2 N–H and O–H groups in total. The highest BCUT2D eigenvalue weighted by atomic mass is 16.1. The molecule has 0 aromatic heterocycles. The molecule has 0 atom stereocenters. The lowest BCUT2D eigenvalue weighted by Crippen LogP contribution is -2.36. The summed E-state index contributed by atoms with van der Waals surface area (Å²) < 4.78 is 0. The molecule has 1 aliphatic carbocycles. The van der Waals surface area contributed by atoms with Crippen LogP contribution in [0.15, 0.2) is 24.3 Å². The Balaban J connectivity index is 2.23. The second kappa shape index (κ2) is 5.23. The van der Waals surface area contributed by atoms with E-state index in [4.69, 9.17) is 5.73 Å². The molecule has 2 nitrogen and oxygen atoms in total. The van der Waals surface area contributed by atoms with Crippen molar-refractivity contribution >= 4 is 5.78 Å². The van der Waals surface area contributed by atoms with Crippen molar-refractivity contribution in [1.82, 2.24) is 0 Å². The van der Waals surface area contributed by atoms with E-state index in [0.29, 0.717) is 12.5 Å². The van der Waals surface area contributed by atoms with Crippen LogP contribution in [0.5, 0.6) is 0 Å². The first kappa shape index (κ1) is 13.3. The van der Waals surface area contributed by atoms with E-state index in [1.54, 1.807) is 0 Å². The molecule has 0 heterocycles. The van der Waals surface area contributed by atoms with Crippen LogP contribution in [-0.2, 0) is 0 Å². The van der Waals surface area contributed by atoms with Gasteiger partial charge in [0.05, 0.1) is 0 Å². The van der Waals surface area contributed by atoms with E-state index in [1.165, 1.54) is 5.56 Å². The largest absolute Gasteiger partial charge is 0.329 e. The van der Waals surface area contributed by atoms with E-state index in [9.17, 15) is 4.79 Å². The fourth-order valence-electron chi connectivity index (χ4n) is 2.90. The molecule has 18 heavy (non-hydrogen) atoms. The van der Waals surface area contributed by atoms with Crippen molar-refractivity contribution in [2.45, 2.75) is 45.4 Å². The topological polar surface area (TPSA) is 43.1 Å². The maximum absolute atomic E-state index is 12.6. The lowest BCUT2D eigenvalue weighted by Gasteiger charge is -2.25. The van der Waals surface area contributed by atoms with Crippen LogP contribution in [0.4, 0.5) is 0 Å². The number of nitrogens with two attached hydrogens (primary N) is 1. The van der Waals surface area contributed by atoms with Crippen molar-refractivity contribution in [2.75, 3.05) is 6.54 Å². The summed E-state index contributed by atoms with van der Waals surface area (Å²) in [5, 5.41) is 0. The predicted octanol–water partition coefficient (Wildman–Crippen LogP) is 3.51. The summed E-state index contributed by atoms with van der Waals surface area (Å²) in [6, 6.07) is 8.06. The number of hydrogen-bond donors (Lipinski definition) is 1. The molecule has 1 aliphatic rings. The Bertz CT molecular complexity index is 413. The second-order valence-electron chi connectivity index (χ2n) is 5.80. The van der Waals surface area contributed by atoms with Crippen LogP contribution in [-0.4, -0.2) is 12.3 Å². The molecule has 98 valence electrons. The first-order valence-electron chi connectivity index (χ1n) is 6.94. The highest BCUT2D eigenvalue weighted by Gasteiger charge is 2.39. The van der Waals surface area contributed by atoms with Gasteiger partial charge in [0.15, 0.2) is 5.78 Å². The zero-order chi connectivity index (χ0) is 13.2. The zero-order valence-corrected chi connectivity index (χ0v) is 11.4. The average molecular weight is 245 g/mol. The summed E-state index contributed by atoms with van der Waals surface area (Å²) in [5.74, 6) is 0.752. The van der Waals surface area contributed by atoms with E-state index in [1.807, 2.05) is 12.1 Å². The third-order valence-electron chi connectivity index (χ3n) is 4.27. The van der Waals surface area contributed by atoms with Gasteiger partial charge in [-0.3, -0.25) is 4.79 Å². The van der Waals surface area contributed by atoms with Gasteiger partial charge in [-0.25, -0.2) is 0 Å². The molecule has 2 heteroatoms. The number of benzene rings is 1. The van der Waals surface area contributed by atoms with Crippen molar-refractivity contribution in [1.29, 1.82) is 0 Å². The Morgan fingerprint density at radius 1 is 1.22 bits per heavy atom. The normalized spacial score (nSPS) is 18.2. The zero-order valence-electron chi connectivity index (χ0n) is 11.4. The molecular weight excluding hydrogens is 222 g/mol. The van der Waals surface area contributed by atoms with Crippen molar-refractivity contribution in [3.63, 3.8) is 0 Å². The van der Waals surface area contributed by atoms with Crippen LogP contribution in [0.1, 0.15) is 61.4 Å². The Kier molecular flexibility index (Phi) is 3.86. The molecule has 0 saturated heterocycles. The minimum Gasteiger partial charge on any atom is -0.329 e. The molecule has 0 bridgehead atoms. The van der Waals surface area contributed by atoms with Crippen molar-refractivity contribution in [2.24, 2.45) is 11.1 Å². The quantitative estimate of drug-likeness (QED) is 0.825. The van der Waals surface area contributed by atoms with Crippen LogP contribution in [0.25, 0.3) is 0 Å². The standard InChI is InChI=1S/C16H23NO/c1-12(2)13-5-7-14(8-6-13)15(18)16(11-17)9-3-4-10-16/h5-8,12H,3-4,9-11,17H2,1-2H3. The van der Waals surface area contributed by atoms with Crippen LogP contribution >= 0.6 is 0 Å². The highest BCUT2D eigenvalue weighted by molar-refractivity contribution is 6.00. The first-order chi connectivity index (χ1) is 8.59. The minimum atomic E-state index is -0.278. The molecule has 2 rings (SSSR count). The SMILES string of the molecule is CC(C)c1ccc(C(=O)C2(CN)CCCC2)cc1. The molecule has 1 aromatic rings. The number of hydrogen-bond acceptors (Lipinski definition) is 2. The van der Waals surface area contributed by atoms with Crippen LogP contribution in [0, 0.1) is 5.41 Å². The number of Topliss-reactive ketones (excluding diaryl/α,β-unsaturated/α-hetero) is 1. The summed E-state index contributed by atoms with van der Waals surface area (Å²) in [4.78, 5) is 12.6. The van der Waals surface area contributed by atoms with Crippen LogP contribution in [0.2, 0.25) is 0 Å². The van der Waals surface area contributed by atoms with Gasteiger partial charge in [-0.1, -0.05) is 51.0 Å². The smallest absolute Gasteiger partial charge is 0.170 e. The van der Waals surface area contributed by atoms with Gasteiger partial charge in [0.2, 0.25) is 0 Å². The van der Waals surface area contributed by atoms with Crippen molar-refractivity contribution < 1.29 is 4.79 Å². The molecule has 0 spiro atoms. The summed E-state index contributed by atoms with van der Waals surface area (Å²) in [7, 11) is 0. The maximum Gasteiger partial charge on any atom is 0.170 e. The summed E-state index contributed by atoms with van der Waals surface area (Å²) in [6.07, 6.45) is 4.17. The van der Waals surface area contributed by atoms with Gasteiger partial charge in [-0.2, -0.15) is 0 Å². The van der Waals surface area contributed by atoms with Gasteiger partial charge in [0, 0.05) is 17.5 Å². The maximum atomic E-state index is 12.6. The Morgan fingerprint density at radius 3 is 2.22 bits per heavy atom. The van der Waals surface area contributed by atoms with Gasteiger partial charge in [-0.15, -0.1) is 0 Å². The molecule has 1 saturated carbocycles. The number of carbonyl (C=O) groups is 1. The minimum absolute atomic E-state index is 0.248. The van der Waals surface area contributed by atoms with E-state index in [0.717, 1.165) is 31.2 Å². The van der Waals surface area contributed by atoms with Crippen molar-refractivity contribution in [3.8, 4) is 0 Å².